The van der Waals surface area contributed by atoms with E-state index >= 15 is 0 Å². The van der Waals surface area contributed by atoms with Crippen LogP contribution in [0.4, 0.5) is 0 Å². The van der Waals surface area contributed by atoms with Crippen molar-refractivity contribution in [1.29, 1.82) is 5.26 Å². The van der Waals surface area contributed by atoms with Gasteiger partial charge in [0, 0.05) is 51.5 Å². The van der Waals surface area contributed by atoms with E-state index in [1.807, 2.05) is 29.2 Å². The van der Waals surface area contributed by atoms with Crippen LogP contribution in [0.1, 0.15) is 35.4 Å². The zero-order valence-electron chi connectivity index (χ0n) is 17.8. The Bertz CT molecular complexity index is 971. The Hall–Kier alpha value is -3.17. The highest BCUT2D eigenvalue weighted by molar-refractivity contribution is 5.92. The molecule has 1 saturated carbocycles. The number of hydrogen-bond donors (Lipinski definition) is 0. The Morgan fingerprint density at radius 1 is 1.03 bits per heavy atom. The van der Waals surface area contributed by atoms with Gasteiger partial charge in [-0.2, -0.15) is 5.26 Å². The number of amides is 1. The van der Waals surface area contributed by atoms with Crippen molar-refractivity contribution in [2.24, 2.45) is 5.92 Å². The fourth-order valence-corrected chi connectivity index (χ4v) is 4.62. The molecule has 2 atom stereocenters. The fraction of sp³-hybridized carbons (Fsp3) is 0.400. The van der Waals surface area contributed by atoms with Crippen molar-refractivity contribution >= 4 is 11.7 Å². The van der Waals surface area contributed by atoms with Crippen molar-refractivity contribution in [1.82, 2.24) is 9.80 Å². The van der Waals surface area contributed by atoms with E-state index < -0.39 is 0 Å². The second kappa shape index (κ2) is 9.32. The van der Waals surface area contributed by atoms with Crippen molar-refractivity contribution < 1.29 is 14.3 Å². The van der Waals surface area contributed by atoms with Crippen molar-refractivity contribution in [3.8, 4) is 11.8 Å². The van der Waals surface area contributed by atoms with Crippen LogP contribution in [-0.4, -0.2) is 54.8 Å². The van der Waals surface area contributed by atoms with Crippen LogP contribution in [0.3, 0.4) is 0 Å². The van der Waals surface area contributed by atoms with Gasteiger partial charge >= 0.3 is 0 Å². The molecule has 2 aliphatic rings. The number of benzene rings is 2. The molecule has 31 heavy (non-hydrogen) atoms. The molecule has 0 N–H and O–H groups in total. The van der Waals surface area contributed by atoms with Crippen LogP contribution in [0, 0.1) is 17.2 Å². The van der Waals surface area contributed by atoms with Crippen LogP contribution in [0.25, 0.3) is 0 Å². The van der Waals surface area contributed by atoms with Gasteiger partial charge < -0.3 is 9.64 Å². The molecule has 0 radical (unpaired) electrons. The summed E-state index contributed by atoms with van der Waals surface area (Å²) in [5, 5.41) is 9.01. The lowest BCUT2D eigenvalue weighted by molar-refractivity contribution is -0.138. The molecule has 1 aliphatic carbocycles. The van der Waals surface area contributed by atoms with Gasteiger partial charge in [-0.1, -0.05) is 24.3 Å². The number of piperazine rings is 1. The second-order valence-electron chi connectivity index (χ2n) is 8.34. The number of ether oxygens (including phenoxy) is 1. The number of rotatable bonds is 5. The first-order valence-corrected chi connectivity index (χ1v) is 10.7. The maximum absolute atomic E-state index is 13.3. The van der Waals surface area contributed by atoms with Crippen molar-refractivity contribution in [2.75, 3.05) is 33.3 Å². The first-order chi connectivity index (χ1) is 15.1. The predicted molar refractivity (Wildman–Crippen MR) is 116 cm³/mol. The molecule has 160 valence electrons. The number of ketones is 1. The number of nitrogens with zero attached hydrogens (tertiary/aromatic N) is 3. The largest absolute Gasteiger partial charge is 0.497 e. The molecule has 2 aromatic rings. The molecule has 0 bridgehead atoms. The predicted octanol–water partition coefficient (Wildman–Crippen LogP) is 2.97. The van der Waals surface area contributed by atoms with E-state index in [0.717, 1.165) is 30.9 Å². The number of carbonyl (C=O) groups is 2. The number of Topliss-reactive ketones (excluding diaryl/α,β-unsaturated/α-hetero) is 1. The molecule has 1 heterocycles. The Kier molecular flexibility index (Phi) is 6.34. The lowest BCUT2D eigenvalue weighted by Crippen LogP contribution is -2.50. The molecule has 1 aliphatic heterocycles. The third kappa shape index (κ3) is 4.78. The molecular formula is C25H27N3O3. The van der Waals surface area contributed by atoms with Crippen LogP contribution in [0.15, 0.2) is 48.5 Å². The maximum Gasteiger partial charge on any atom is 0.226 e. The third-order valence-corrected chi connectivity index (χ3v) is 6.42. The van der Waals surface area contributed by atoms with Crippen molar-refractivity contribution in [3.63, 3.8) is 0 Å². The van der Waals surface area contributed by atoms with Gasteiger partial charge in [0.15, 0.2) is 0 Å². The second-order valence-corrected chi connectivity index (χ2v) is 8.34. The van der Waals surface area contributed by atoms with E-state index in [1.54, 1.807) is 19.2 Å². The molecule has 2 fully saturated rings. The van der Waals surface area contributed by atoms with E-state index in [0.29, 0.717) is 31.5 Å². The van der Waals surface area contributed by atoms with Crippen LogP contribution in [0.5, 0.6) is 5.75 Å². The monoisotopic (exact) mass is 417 g/mol. The summed E-state index contributed by atoms with van der Waals surface area (Å²) in [5.41, 5.74) is 2.79. The Morgan fingerprint density at radius 2 is 1.71 bits per heavy atom. The highest BCUT2D eigenvalue weighted by Crippen LogP contribution is 2.39. The fourth-order valence-electron chi connectivity index (χ4n) is 4.62. The van der Waals surface area contributed by atoms with E-state index in [1.165, 1.54) is 5.56 Å². The lowest BCUT2D eigenvalue weighted by atomic mass is 9.87. The quantitative estimate of drug-likeness (QED) is 0.748. The van der Waals surface area contributed by atoms with E-state index in [-0.39, 0.29) is 23.5 Å². The minimum Gasteiger partial charge on any atom is -0.497 e. The number of nitriles is 1. The summed E-state index contributed by atoms with van der Waals surface area (Å²) in [4.78, 5) is 29.8. The lowest BCUT2D eigenvalue weighted by Gasteiger charge is -2.36. The summed E-state index contributed by atoms with van der Waals surface area (Å²) in [6.07, 6.45) is 0.718. The van der Waals surface area contributed by atoms with Crippen molar-refractivity contribution in [3.05, 3.63) is 65.2 Å². The van der Waals surface area contributed by atoms with Gasteiger partial charge in [-0.25, -0.2) is 0 Å². The third-order valence-electron chi connectivity index (χ3n) is 6.42. The average Bonchev–Trinajstić information content (AvgIpc) is 3.21. The topological polar surface area (TPSA) is 73.6 Å². The minimum atomic E-state index is -0.298. The Balaban J connectivity index is 1.36. The first kappa shape index (κ1) is 21.1. The van der Waals surface area contributed by atoms with Gasteiger partial charge in [-0.15, -0.1) is 0 Å². The number of hydrogen-bond acceptors (Lipinski definition) is 5. The Morgan fingerprint density at radius 3 is 2.32 bits per heavy atom. The van der Waals surface area contributed by atoms with Gasteiger partial charge in [0.25, 0.3) is 0 Å². The molecule has 0 aromatic heterocycles. The highest BCUT2D eigenvalue weighted by atomic mass is 16.5. The Labute approximate surface area is 183 Å². The summed E-state index contributed by atoms with van der Waals surface area (Å²) in [6.45, 7) is 3.85. The van der Waals surface area contributed by atoms with Crippen LogP contribution in [-0.2, 0) is 16.1 Å². The average molecular weight is 418 g/mol. The summed E-state index contributed by atoms with van der Waals surface area (Å²) in [5.74, 6) is 0.691. The highest BCUT2D eigenvalue weighted by Gasteiger charge is 2.41. The van der Waals surface area contributed by atoms with Crippen LogP contribution >= 0.6 is 0 Å². The van der Waals surface area contributed by atoms with Gasteiger partial charge in [0.05, 0.1) is 24.7 Å². The molecule has 0 spiro atoms. The SMILES string of the molecule is COc1ccc(CN2CCN(C(=O)[C@@H]3CC(=O)C[C@H]3c3ccc(C#N)cc3)CC2)cc1. The minimum absolute atomic E-state index is 0.0873. The molecule has 0 unspecified atom stereocenters. The normalized spacial score (nSPS) is 21.7. The van der Waals surface area contributed by atoms with E-state index in [4.69, 9.17) is 10.00 Å². The zero-order chi connectivity index (χ0) is 21.8. The van der Waals surface area contributed by atoms with Gasteiger partial charge in [-0.05, 0) is 35.4 Å². The molecular weight excluding hydrogens is 390 g/mol. The molecule has 6 heteroatoms. The zero-order valence-corrected chi connectivity index (χ0v) is 17.8. The maximum atomic E-state index is 13.3. The molecule has 1 amide bonds. The molecule has 4 rings (SSSR count). The molecule has 2 aromatic carbocycles. The molecule has 1 saturated heterocycles. The van der Waals surface area contributed by atoms with E-state index in [9.17, 15) is 9.59 Å². The molecule has 6 nitrogen and oxygen atoms in total. The number of carbonyl (C=O) groups excluding carboxylic acids is 2. The smallest absolute Gasteiger partial charge is 0.226 e. The van der Waals surface area contributed by atoms with Gasteiger partial charge in [0.2, 0.25) is 5.91 Å². The van der Waals surface area contributed by atoms with E-state index in [2.05, 4.69) is 23.1 Å². The standard InChI is InChI=1S/C25H27N3O3/c1-31-22-8-4-19(5-9-22)17-27-10-12-28(13-11-27)25(30)24-15-21(29)14-23(24)20-6-2-18(16-26)3-7-20/h2-9,23-24H,10-15,17H2,1H3/t23-,24+/m0/s1. The summed E-state index contributed by atoms with van der Waals surface area (Å²) < 4.78 is 5.21. The van der Waals surface area contributed by atoms with Crippen molar-refractivity contribution in [2.45, 2.75) is 25.3 Å². The van der Waals surface area contributed by atoms with Gasteiger partial charge in [0.1, 0.15) is 11.5 Å². The van der Waals surface area contributed by atoms with Crippen LogP contribution in [0.2, 0.25) is 0 Å². The summed E-state index contributed by atoms with van der Waals surface area (Å²) in [6, 6.07) is 17.5. The summed E-state index contributed by atoms with van der Waals surface area (Å²) >= 11 is 0. The number of methoxy groups -OCH3 is 1. The first-order valence-electron chi connectivity index (χ1n) is 10.7. The summed E-state index contributed by atoms with van der Waals surface area (Å²) in [7, 11) is 1.66. The van der Waals surface area contributed by atoms with Crippen LogP contribution < -0.4 is 4.74 Å². The van der Waals surface area contributed by atoms with Gasteiger partial charge in [-0.3, -0.25) is 14.5 Å².